The van der Waals surface area contributed by atoms with E-state index in [1.54, 1.807) is 24.3 Å². The summed E-state index contributed by atoms with van der Waals surface area (Å²) in [5.74, 6) is -0.970. The second-order valence-electron chi connectivity index (χ2n) is 5.53. The summed E-state index contributed by atoms with van der Waals surface area (Å²) < 4.78 is 0. The number of carbonyl (C=O) groups is 2. The SMILES string of the molecule is CC(NC(=O)c1cccc([N+](=O)[O-])c1)C(=O)NCc1ccc(C#N)cc1. The fourth-order valence-electron chi connectivity index (χ4n) is 2.15. The number of non-ortho nitro benzene ring substituents is 1. The monoisotopic (exact) mass is 352 g/mol. The molecule has 1 unspecified atom stereocenters. The second kappa shape index (κ2) is 8.39. The highest BCUT2D eigenvalue weighted by molar-refractivity contribution is 5.97. The molecule has 132 valence electrons. The summed E-state index contributed by atoms with van der Waals surface area (Å²) in [6.07, 6.45) is 0. The summed E-state index contributed by atoms with van der Waals surface area (Å²) in [5, 5.41) is 24.7. The highest BCUT2D eigenvalue weighted by atomic mass is 16.6. The van der Waals surface area contributed by atoms with Gasteiger partial charge in [-0.05, 0) is 30.7 Å². The number of nitriles is 1. The van der Waals surface area contributed by atoms with E-state index in [0.717, 1.165) is 11.6 Å². The maximum absolute atomic E-state index is 12.1. The molecule has 2 aromatic carbocycles. The molecular weight excluding hydrogens is 336 g/mol. The molecule has 2 rings (SSSR count). The molecule has 0 saturated heterocycles. The average molecular weight is 352 g/mol. The maximum atomic E-state index is 12.1. The van der Waals surface area contributed by atoms with Gasteiger partial charge >= 0.3 is 0 Å². The number of hydrogen-bond donors (Lipinski definition) is 2. The highest BCUT2D eigenvalue weighted by Gasteiger charge is 2.18. The van der Waals surface area contributed by atoms with Gasteiger partial charge in [-0.1, -0.05) is 18.2 Å². The van der Waals surface area contributed by atoms with Crippen LogP contribution < -0.4 is 10.6 Å². The second-order valence-corrected chi connectivity index (χ2v) is 5.53. The Morgan fingerprint density at radius 2 is 1.92 bits per heavy atom. The molecule has 0 bridgehead atoms. The summed E-state index contributed by atoms with van der Waals surface area (Å²) in [7, 11) is 0. The molecule has 2 aromatic rings. The van der Waals surface area contributed by atoms with Crippen LogP contribution in [0, 0.1) is 21.4 Å². The number of hydrogen-bond acceptors (Lipinski definition) is 5. The number of amides is 2. The third-order valence-corrected chi connectivity index (χ3v) is 3.61. The first kappa shape index (κ1) is 18.6. The van der Waals surface area contributed by atoms with Crippen LogP contribution in [0.2, 0.25) is 0 Å². The minimum atomic E-state index is -0.819. The lowest BCUT2D eigenvalue weighted by molar-refractivity contribution is -0.384. The normalized spacial score (nSPS) is 11.1. The van der Waals surface area contributed by atoms with Gasteiger partial charge in [-0.2, -0.15) is 5.26 Å². The number of nitrogens with one attached hydrogen (secondary N) is 2. The molecule has 8 nitrogen and oxygen atoms in total. The zero-order valence-corrected chi connectivity index (χ0v) is 13.9. The van der Waals surface area contributed by atoms with Gasteiger partial charge in [0.25, 0.3) is 11.6 Å². The maximum Gasteiger partial charge on any atom is 0.270 e. The minimum absolute atomic E-state index is 0.103. The molecule has 0 radical (unpaired) electrons. The van der Waals surface area contributed by atoms with Crippen molar-refractivity contribution in [2.75, 3.05) is 0 Å². The van der Waals surface area contributed by atoms with Gasteiger partial charge < -0.3 is 10.6 Å². The molecule has 1 atom stereocenters. The number of benzene rings is 2. The minimum Gasteiger partial charge on any atom is -0.350 e. The van der Waals surface area contributed by atoms with E-state index in [9.17, 15) is 19.7 Å². The molecule has 0 saturated carbocycles. The van der Waals surface area contributed by atoms with Crippen molar-refractivity contribution in [1.29, 1.82) is 5.26 Å². The molecule has 2 N–H and O–H groups in total. The molecule has 2 amide bonds. The predicted octanol–water partition coefficient (Wildman–Crippen LogP) is 1.90. The number of nitro benzene ring substituents is 1. The van der Waals surface area contributed by atoms with Crippen molar-refractivity contribution in [1.82, 2.24) is 10.6 Å². The smallest absolute Gasteiger partial charge is 0.270 e. The van der Waals surface area contributed by atoms with Crippen LogP contribution >= 0.6 is 0 Å². The van der Waals surface area contributed by atoms with Gasteiger partial charge in [-0.25, -0.2) is 0 Å². The fraction of sp³-hybridized carbons (Fsp3) is 0.167. The van der Waals surface area contributed by atoms with Crippen LogP contribution in [0.1, 0.15) is 28.4 Å². The van der Waals surface area contributed by atoms with E-state index in [-0.39, 0.29) is 17.8 Å². The van der Waals surface area contributed by atoms with E-state index < -0.39 is 22.8 Å². The van der Waals surface area contributed by atoms with Crippen molar-refractivity contribution < 1.29 is 14.5 Å². The third kappa shape index (κ3) is 4.88. The van der Waals surface area contributed by atoms with Gasteiger partial charge in [0, 0.05) is 24.2 Å². The zero-order chi connectivity index (χ0) is 19.1. The Morgan fingerprint density at radius 1 is 1.23 bits per heavy atom. The van der Waals surface area contributed by atoms with Gasteiger partial charge in [0.05, 0.1) is 16.6 Å². The Morgan fingerprint density at radius 3 is 2.54 bits per heavy atom. The van der Waals surface area contributed by atoms with Crippen molar-refractivity contribution in [2.45, 2.75) is 19.5 Å². The van der Waals surface area contributed by atoms with Gasteiger partial charge in [0.2, 0.25) is 5.91 Å². The van der Waals surface area contributed by atoms with Crippen LogP contribution in [0.15, 0.2) is 48.5 Å². The molecular formula is C18H16N4O4. The molecule has 26 heavy (non-hydrogen) atoms. The predicted molar refractivity (Wildman–Crippen MR) is 93.0 cm³/mol. The van der Waals surface area contributed by atoms with E-state index in [4.69, 9.17) is 5.26 Å². The molecule has 0 fully saturated rings. The summed E-state index contributed by atoms with van der Waals surface area (Å²) in [5.41, 5.74) is 1.24. The molecule has 0 aliphatic heterocycles. The number of nitrogens with zero attached hydrogens (tertiary/aromatic N) is 2. The van der Waals surface area contributed by atoms with E-state index in [1.807, 2.05) is 6.07 Å². The lowest BCUT2D eigenvalue weighted by Gasteiger charge is -2.14. The van der Waals surface area contributed by atoms with E-state index in [1.165, 1.54) is 25.1 Å². The Bertz CT molecular complexity index is 872. The summed E-state index contributed by atoms with van der Waals surface area (Å²) >= 11 is 0. The van der Waals surface area contributed by atoms with Crippen LogP contribution in [0.25, 0.3) is 0 Å². The Labute approximate surface area is 149 Å². The van der Waals surface area contributed by atoms with Crippen molar-refractivity contribution >= 4 is 17.5 Å². The average Bonchev–Trinajstić information content (AvgIpc) is 2.66. The van der Waals surface area contributed by atoms with E-state index in [0.29, 0.717) is 5.56 Å². The number of rotatable bonds is 6. The number of carbonyl (C=O) groups excluding carboxylic acids is 2. The summed E-state index contributed by atoms with van der Waals surface area (Å²) in [4.78, 5) is 34.4. The van der Waals surface area contributed by atoms with Gasteiger partial charge in [0.15, 0.2) is 0 Å². The summed E-state index contributed by atoms with van der Waals surface area (Å²) in [6.45, 7) is 1.77. The molecule has 0 spiro atoms. The molecule has 0 heterocycles. The van der Waals surface area contributed by atoms with E-state index in [2.05, 4.69) is 10.6 Å². The van der Waals surface area contributed by atoms with Gasteiger partial charge in [-0.15, -0.1) is 0 Å². The highest BCUT2D eigenvalue weighted by Crippen LogP contribution is 2.13. The van der Waals surface area contributed by atoms with Crippen LogP contribution in [-0.4, -0.2) is 22.8 Å². The zero-order valence-electron chi connectivity index (χ0n) is 13.9. The lowest BCUT2D eigenvalue weighted by Crippen LogP contribution is -2.44. The third-order valence-electron chi connectivity index (χ3n) is 3.61. The lowest BCUT2D eigenvalue weighted by atomic mass is 10.1. The number of nitro groups is 1. The fourth-order valence-corrected chi connectivity index (χ4v) is 2.15. The van der Waals surface area contributed by atoms with Crippen molar-refractivity contribution in [3.8, 4) is 6.07 Å². The first-order valence-electron chi connectivity index (χ1n) is 7.73. The molecule has 0 aliphatic rings. The summed E-state index contributed by atoms with van der Waals surface area (Å²) in [6, 6.07) is 13.2. The van der Waals surface area contributed by atoms with Crippen LogP contribution in [0.3, 0.4) is 0 Å². The van der Waals surface area contributed by atoms with Crippen molar-refractivity contribution in [3.63, 3.8) is 0 Å². The van der Waals surface area contributed by atoms with Crippen LogP contribution in [0.5, 0.6) is 0 Å². The van der Waals surface area contributed by atoms with E-state index >= 15 is 0 Å². The Balaban J connectivity index is 1.91. The van der Waals surface area contributed by atoms with Crippen molar-refractivity contribution in [3.05, 3.63) is 75.3 Å². The standard InChI is InChI=1S/C18H16N4O4/c1-12(17(23)20-11-14-7-5-13(10-19)6-8-14)21-18(24)15-3-2-4-16(9-15)22(25)26/h2-9,12H,11H2,1H3,(H,20,23)(H,21,24). The Kier molecular flexibility index (Phi) is 6.01. The van der Waals surface area contributed by atoms with Crippen LogP contribution in [-0.2, 0) is 11.3 Å². The van der Waals surface area contributed by atoms with Gasteiger partial charge in [-0.3, -0.25) is 19.7 Å². The molecule has 0 aromatic heterocycles. The van der Waals surface area contributed by atoms with Crippen LogP contribution in [0.4, 0.5) is 5.69 Å². The first-order valence-corrected chi connectivity index (χ1v) is 7.73. The largest absolute Gasteiger partial charge is 0.350 e. The Hall–Kier alpha value is -3.73. The van der Waals surface area contributed by atoms with Gasteiger partial charge in [0.1, 0.15) is 6.04 Å². The molecule has 8 heteroatoms. The molecule has 0 aliphatic carbocycles. The first-order chi connectivity index (χ1) is 12.4. The quantitative estimate of drug-likeness (QED) is 0.607. The van der Waals surface area contributed by atoms with Crippen molar-refractivity contribution in [2.24, 2.45) is 0 Å². The topological polar surface area (TPSA) is 125 Å².